The van der Waals surface area contributed by atoms with Crippen molar-refractivity contribution in [1.29, 1.82) is 0 Å². The molecule has 0 heterocycles. The third-order valence-electron chi connectivity index (χ3n) is 5.36. The number of ether oxygens (including phenoxy) is 1. The van der Waals surface area contributed by atoms with E-state index in [1.807, 2.05) is 36.4 Å². The monoisotopic (exact) mass is 424 g/mol. The van der Waals surface area contributed by atoms with E-state index in [1.54, 1.807) is 20.8 Å². The van der Waals surface area contributed by atoms with Gasteiger partial charge in [-0.05, 0) is 43.0 Å². The zero-order valence-corrected chi connectivity index (χ0v) is 18.1. The van der Waals surface area contributed by atoms with Gasteiger partial charge in [-0.25, -0.2) is 4.79 Å². The maximum absolute atomic E-state index is 12.4. The summed E-state index contributed by atoms with van der Waals surface area (Å²) in [6.45, 7) is 5.20. The van der Waals surface area contributed by atoms with Crippen molar-refractivity contribution in [2.24, 2.45) is 0 Å². The van der Waals surface area contributed by atoms with Crippen LogP contribution in [0.25, 0.3) is 11.1 Å². The highest BCUT2D eigenvalue weighted by Gasteiger charge is 2.30. The molecule has 0 fully saturated rings. The number of carbonyl (C=O) groups excluding carboxylic acids is 2. The fourth-order valence-electron chi connectivity index (χ4n) is 3.89. The molecule has 1 aliphatic carbocycles. The number of carboxylic acids is 1. The molecule has 0 aliphatic heterocycles. The largest absolute Gasteiger partial charge is 0.480 e. The van der Waals surface area contributed by atoms with Gasteiger partial charge in [0.15, 0.2) is 0 Å². The van der Waals surface area contributed by atoms with E-state index >= 15 is 0 Å². The molecule has 0 saturated heterocycles. The topological polar surface area (TPSA) is 95.9 Å². The normalized spacial score (nSPS) is 12.6. The van der Waals surface area contributed by atoms with E-state index in [9.17, 15) is 14.4 Å². The van der Waals surface area contributed by atoms with Crippen LogP contribution in [0.4, 0.5) is 4.79 Å². The Morgan fingerprint density at radius 2 is 1.55 bits per heavy atom. The van der Waals surface area contributed by atoms with E-state index < -0.39 is 17.6 Å². The summed E-state index contributed by atoms with van der Waals surface area (Å²) in [7, 11) is 0. The summed E-state index contributed by atoms with van der Waals surface area (Å²) in [5.74, 6) is -1.45. The fourth-order valence-corrected chi connectivity index (χ4v) is 3.89. The van der Waals surface area contributed by atoms with E-state index in [1.165, 1.54) is 4.90 Å². The molecule has 3 rings (SSSR count). The van der Waals surface area contributed by atoms with E-state index in [4.69, 9.17) is 9.84 Å². The quantitative estimate of drug-likeness (QED) is 0.708. The lowest BCUT2D eigenvalue weighted by Crippen LogP contribution is -2.49. The minimum atomic E-state index is -1.08. The number of fused-ring (bicyclic) bond motifs is 3. The van der Waals surface area contributed by atoms with E-state index in [-0.39, 0.29) is 37.9 Å². The molecule has 0 radical (unpaired) electrons. The van der Waals surface area contributed by atoms with E-state index in [2.05, 4.69) is 17.4 Å². The number of carbonyl (C=O) groups is 3. The van der Waals surface area contributed by atoms with Gasteiger partial charge in [-0.3, -0.25) is 9.59 Å². The Morgan fingerprint density at radius 1 is 1.00 bits per heavy atom. The van der Waals surface area contributed by atoms with E-state index in [0.717, 1.165) is 22.3 Å². The maximum Gasteiger partial charge on any atom is 0.407 e. The molecular weight excluding hydrogens is 396 g/mol. The molecule has 0 bridgehead atoms. The molecule has 7 heteroatoms. The van der Waals surface area contributed by atoms with Crippen molar-refractivity contribution in [2.75, 3.05) is 19.7 Å². The fraction of sp³-hybridized carbons (Fsp3) is 0.375. The van der Waals surface area contributed by atoms with Crippen LogP contribution in [0.5, 0.6) is 0 Å². The lowest BCUT2D eigenvalue weighted by atomic mass is 9.98. The first-order valence-corrected chi connectivity index (χ1v) is 10.3. The van der Waals surface area contributed by atoms with Crippen LogP contribution < -0.4 is 5.32 Å². The van der Waals surface area contributed by atoms with Gasteiger partial charge in [-0.15, -0.1) is 0 Å². The van der Waals surface area contributed by atoms with Gasteiger partial charge < -0.3 is 20.1 Å². The molecule has 0 atom stereocenters. The minimum absolute atomic E-state index is 0.00521. The summed E-state index contributed by atoms with van der Waals surface area (Å²) in [5.41, 5.74) is 3.93. The van der Waals surface area contributed by atoms with Gasteiger partial charge in [0.2, 0.25) is 5.91 Å². The summed E-state index contributed by atoms with van der Waals surface area (Å²) in [4.78, 5) is 36.9. The SMILES string of the molecule is CC(C)(C)N(CC(=O)O)C(=O)CCNC(=O)OCC1c2ccccc2-c2ccccc21. The molecule has 2 N–H and O–H groups in total. The first-order valence-electron chi connectivity index (χ1n) is 10.3. The second kappa shape index (κ2) is 9.20. The summed E-state index contributed by atoms with van der Waals surface area (Å²) in [6.07, 6.45) is -0.607. The first kappa shape index (κ1) is 22.3. The average molecular weight is 424 g/mol. The van der Waals surface area contributed by atoms with Gasteiger partial charge in [0.05, 0.1) is 0 Å². The Bertz CT molecular complexity index is 934. The van der Waals surface area contributed by atoms with Crippen molar-refractivity contribution in [3.8, 4) is 11.1 Å². The highest BCUT2D eigenvalue weighted by atomic mass is 16.5. The van der Waals surface area contributed by atoms with Crippen LogP contribution in [-0.4, -0.2) is 53.2 Å². The maximum atomic E-state index is 12.4. The molecule has 0 aromatic heterocycles. The molecule has 1 aliphatic rings. The zero-order valence-electron chi connectivity index (χ0n) is 18.1. The van der Waals surface area contributed by atoms with Gasteiger partial charge in [0, 0.05) is 24.4 Å². The van der Waals surface area contributed by atoms with Crippen LogP contribution in [0, 0.1) is 0 Å². The number of benzene rings is 2. The summed E-state index contributed by atoms with van der Waals surface area (Å²) in [5, 5.41) is 11.6. The molecular formula is C24H28N2O5. The van der Waals surface area contributed by atoms with Crippen LogP contribution in [0.15, 0.2) is 48.5 Å². The third kappa shape index (κ3) is 5.23. The van der Waals surface area contributed by atoms with Gasteiger partial charge in [0.25, 0.3) is 0 Å². The van der Waals surface area contributed by atoms with Crippen molar-refractivity contribution in [3.05, 3.63) is 59.7 Å². The molecule has 2 aromatic rings. The minimum Gasteiger partial charge on any atom is -0.480 e. The summed E-state index contributed by atoms with van der Waals surface area (Å²) < 4.78 is 5.44. The zero-order chi connectivity index (χ0) is 22.6. The van der Waals surface area contributed by atoms with Crippen molar-refractivity contribution < 1.29 is 24.2 Å². The van der Waals surface area contributed by atoms with Crippen LogP contribution in [0.3, 0.4) is 0 Å². The Balaban J connectivity index is 1.53. The molecule has 31 heavy (non-hydrogen) atoms. The number of aliphatic carboxylic acids is 1. The number of rotatable bonds is 7. The summed E-state index contributed by atoms with van der Waals surface area (Å²) in [6, 6.07) is 16.2. The predicted molar refractivity (Wildman–Crippen MR) is 117 cm³/mol. The van der Waals surface area contributed by atoms with Crippen LogP contribution in [0.1, 0.15) is 44.2 Å². The first-order chi connectivity index (χ1) is 14.7. The Labute approximate surface area is 182 Å². The van der Waals surface area contributed by atoms with Crippen molar-refractivity contribution >= 4 is 18.0 Å². The van der Waals surface area contributed by atoms with Gasteiger partial charge in [-0.1, -0.05) is 48.5 Å². The molecule has 0 unspecified atom stereocenters. The number of nitrogens with one attached hydrogen (secondary N) is 1. The van der Waals surface area contributed by atoms with Crippen molar-refractivity contribution in [3.63, 3.8) is 0 Å². The smallest absolute Gasteiger partial charge is 0.407 e. The standard InChI is InChI=1S/C24H28N2O5/c1-24(2,3)26(14-22(28)29)21(27)12-13-25-23(30)31-15-20-18-10-6-4-8-16(18)17-9-5-7-11-19(17)20/h4-11,20H,12-15H2,1-3H3,(H,25,30)(H,28,29). The number of alkyl carbamates (subject to hydrolysis) is 1. The third-order valence-corrected chi connectivity index (χ3v) is 5.36. The predicted octanol–water partition coefficient (Wildman–Crippen LogP) is 3.63. The highest BCUT2D eigenvalue weighted by molar-refractivity contribution is 5.82. The number of amides is 2. The molecule has 164 valence electrons. The van der Waals surface area contributed by atoms with Gasteiger partial charge >= 0.3 is 12.1 Å². The molecule has 0 saturated carbocycles. The average Bonchev–Trinajstić information content (AvgIpc) is 3.03. The van der Waals surface area contributed by atoms with Gasteiger partial charge in [0.1, 0.15) is 13.2 Å². The highest BCUT2D eigenvalue weighted by Crippen LogP contribution is 2.44. The van der Waals surface area contributed by atoms with Crippen molar-refractivity contribution in [1.82, 2.24) is 10.2 Å². The molecule has 2 amide bonds. The van der Waals surface area contributed by atoms with Crippen molar-refractivity contribution in [2.45, 2.75) is 38.6 Å². The second-order valence-corrected chi connectivity index (χ2v) is 8.55. The number of hydrogen-bond donors (Lipinski definition) is 2. The van der Waals surface area contributed by atoms with Crippen LogP contribution in [-0.2, 0) is 14.3 Å². The van der Waals surface area contributed by atoms with Crippen LogP contribution in [0.2, 0.25) is 0 Å². The molecule has 7 nitrogen and oxygen atoms in total. The number of nitrogens with zero attached hydrogens (tertiary/aromatic N) is 1. The summed E-state index contributed by atoms with van der Waals surface area (Å²) >= 11 is 0. The Kier molecular flexibility index (Phi) is 6.63. The van der Waals surface area contributed by atoms with Gasteiger partial charge in [-0.2, -0.15) is 0 Å². The van der Waals surface area contributed by atoms with E-state index in [0.29, 0.717) is 0 Å². The second-order valence-electron chi connectivity index (χ2n) is 8.55. The number of carboxylic acid groups (broad SMARTS) is 1. The molecule has 2 aromatic carbocycles. The number of hydrogen-bond acceptors (Lipinski definition) is 4. The Morgan fingerprint density at radius 3 is 2.06 bits per heavy atom. The molecule has 0 spiro atoms. The lowest BCUT2D eigenvalue weighted by molar-refractivity contribution is -0.148. The Hall–Kier alpha value is -3.35. The lowest BCUT2D eigenvalue weighted by Gasteiger charge is -2.34. The van der Waals surface area contributed by atoms with Crippen LogP contribution >= 0.6 is 0 Å².